The molecule has 1 aromatic rings. The molecule has 1 unspecified atom stereocenters. The standard InChI is InChI=1S/C21H31N3O2.C2HF3O2/c25-20(23-12-4-5-13-23)24-14-10-21(18-24)9-6-11-22(17-21)15-16-26-19-7-2-1-3-8-19;3-2(4,5)1(6)7/h1-3,7-8H,4-6,9-18H2;(H,6,7). The molecule has 2 amide bonds. The summed E-state index contributed by atoms with van der Waals surface area (Å²) in [6, 6.07) is 10.3. The maximum absolute atomic E-state index is 12.7. The number of aliphatic carboxylic acids is 1. The number of piperidine rings is 1. The summed E-state index contributed by atoms with van der Waals surface area (Å²) in [6.45, 7) is 7.74. The van der Waals surface area contributed by atoms with E-state index in [9.17, 15) is 18.0 Å². The SMILES string of the molecule is O=C(N1CCCC1)N1CCC2(CCCN(CCOc3ccccc3)C2)C1.O=C(O)C(F)(F)F. The van der Waals surface area contributed by atoms with Crippen LogP contribution in [0.4, 0.5) is 18.0 Å². The molecule has 0 bridgehead atoms. The summed E-state index contributed by atoms with van der Waals surface area (Å²) in [5.74, 6) is -1.81. The Balaban J connectivity index is 0.000000383. The molecule has 0 aliphatic carbocycles. The van der Waals surface area contributed by atoms with Gasteiger partial charge in [0.2, 0.25) is 0 Å². The summed E-state index contributed by atoms with van der Waals surface area (Å²) in [6.07, 6.45) is 0.895. The number of carboxylic acid groups (broad SMARTS) is 1. The Kier molecular flexibility index (Phi) is 8.45. The Labute approximate surface area is 192 Å². The van der Waals surface area contributed by atoms with Gasteiger partial charge in [0.05, 0.1) is 0 Å². The second-order valence-electron chi connectivity index (χ2n) is 8.99. The van der Waals surface area contributed by atoms with E-state index in [2.05, 4.69) is 9.80 Å². The van der Waals surface area contributed by atoms with Crippen LogP contribution < -0.4 is 4.74 Å². The number of hydrogen-bond acceptors (Lipinski definition) is 4. The predicted molar refractivity (Wildman–Crippen MR) is 116 cm³/mol. The Hall–Kier alpha value is -2.49. The van der Waals surface area contributed by atoms with Gasteiger partial charge in [-0.05, 0) is 50.8 Å². The number of amides is 2. The van der Waals surface area contributed by atoms with Gasteiger partial charge in [-0.15, -0.1) is 0 Å². The van der Waals surface area contributed by atoms with E-state index in [1.54, 1.807) is 0 Å². The van der Waals surface area contributed by atoms with Crippen LogP contribution in [0.25, 0.3) is 0 Å². The van der Waals surface area contributed by atoms with Crippen LogP contribution >= 0.6 is 0 Å². The number of ether oxygens (including phenoxy) is 1. The van der Waals surface area contributed by atoms with Gasteiger partial charge >= 0.3 is 18.2 Å². The molecule has 1 spiro atoms. The highest BCUT2D eigenvalue weighted by atomic mass is 19.4. The first-order chi connectivity index (χ1) is 15.7. The molecule has 3 saturated heterocycles. The molecular formula is C23H32F3N3O4. The van der Waals surface area contributed by atoms with Crippen LogP contribution in [0.3, 0.4) is 0 Å². The second-order valence-corrected chi connectivity index (χ2v) is 8.99. The molecule has 0 radical (unpaired) electrons. The van der Waals surface area contributed by atoms with E-state index in [1.165, 1.54) is 25.7 Å². The first-order valence-corrected chi connectivity index (χ1v) is 11.4. The third-order valence-corrected chi connectivity index (χ3v) is 6.49. The number of urea groups is 1. The molecule has 10 heteroatoms. The molecule has 3 aliphatic rings. The van der Waals surface area contributed by atoms with Crippen LogP contribution in [0.2, 0.25) is 0 Å². The average molecular weight is 472 g/mol. The third kappa shape index (κ3) is 7.25. The topological polar surface area (TPSA) is 73.3 Å². The molecule has 3 aliphatic heterocycles. The Morgan fingerprint density at radius 3 is 2.24 bits per heavy atom. The number of rotatable bonds is 4. The van der Waals surface area contributed by atoms with Crippen molar-refractivity contribution in [2.24, 2.45) is 5.41 Å². The largest absolute Gasteiger partial charge is 0.492 e. The lowest BCUT2D eigenvalue weighted by Crippen LogP contribution is -2.47. The fourth-order valence-corrected chi connectivity index (χ4v) is 4.85. The minimum absolute atomic E-state index is 0.281. The fourth-order valence-electron chi connectivity index (χ4n) is 4.85. The highest BCUT2D eigenvalue weighted by molar-refractivity contribution is 5.75. The third-order valence-electron chi connectivity index (χ3n) is 6.49. The summed E-state index contributed by atoms with van der Waals surface area (Å²) in [4.78, 5) is 28.3. The molecule has 7 nitrogen and oxygen atoms in total. The molecule has 4 rings (SSSR count). The predicted octanol–water partition coefficient (Wildman–Crippen LogP) is 3.70. The number of para-hydroxylation sites is 1. The highest BCUT2D eigenvalue weighted by Crippen LogP contribution is 2.39. The summed E-state index contributed by atoms with van der Waals surface area (Å²) in [5.41, 5.74) is 0.306. The molecule has 3 fully saturated rings. The first-order valence-electron chi connectivity index (χ1n) is 11.4. The number of carbonyl (C=O) groups is 2. The van der Waals surface area contributed by atoms with Crippen LogP contribution in [0.5, 0.6) is 5.75 Å². The van der Waals surface area contributed by atoms with Crippen LogP contribution in [-0.4, -0.2) is 90.4 Å². The molecule has 0 saturated carbocycles. The van der Waals surface area contributed by atoms with Gasteiger partial charge in [0.15, 0.2) is 0 Å². The van der Waals surface area contributed by atoms with Gasteiger partial charge < -0.3 is 19.6 Å². The number of nitrogens with zero attached hydrogens (tertiary/aromatic N) is 3. The number of halogens is 3. The smallest absolute Gasteiger partial charge is 0.490 e. The Morgan fingerprint density at radius 1 is 0.939 bits per heavy atom. The molecular weight excluding hydrogens is 439 g/mol. The van der Waals surface area contributed by atoms with Gasteiger partial charge in [0.1, 0.15) is 12.4 Å². The van der Waals surface area contributed by atoms with Crippen molar-refractivity contribution in [1.29, 1.82) is 0 Å². The van der Waals surface area contributed by atoms with Crippen molar-refractivity contribution < 1.29 is 32.6 Å². The van der Waals surface area contributed by atoms with Crippen molar-refractivity contribution in [2.45, 2.75) is 38.3 Å². The van der Waals surface area contributed by atoms with Gasteiger partial charge in [-0.1, -0.05) is 18.2 Å². The van der Waals surface area contributed by atoms with Gasteiger partial charge in [0, 0.05) is 44.7 Å². The second kappa shape index (κ2) is 11.1. The number of alkyl halides is 3. The minimum atomic E-state index is -5.08. The molecule has 33 heavy (non-hydrogen) atoms. The van der Waals surface area contributed by atoms with Crippen molar-refractivity contribution in [1.82, 2.24) is 14.7 Å². The highest BCUT2D eigenvalue weighted by Gasteiger charge is 2.43. The van der Waals surface area contributed by atoms with Gasteiger partial charge in [0.25, 0.3) is 0 Å². The van der Waals surface area contributed by atoms with E-state index >= 15 is 0 Å². The Morgan fingerprint density at radius 2 is 1.61 bits per heavy atom. The summed E-state index contributed by atoms with van der Waals surface area (Å²) >= 11 is 0. The van der Waals surface area contributed by atoms with E-state index in [1.807, 2.05) is 35.2 Å². The molecule has 3 heterocycles. The zero-order valence-electron chi connectivity index (χ0n) is 18.7. The van der Waals surface area contributed by atoms with Crippen molar-refractivity contribution in [2.75, 3.05) is 52.4 Å². The molecule has 0 aromatic heterocycles. The van der Waals surface area contributed by atoms with Gasteiger partial charge in [-0.3, -0.25) is 4.90 Å². The monoisotopic (exact) mass is 471 g/mol. The van der Waals surface area contributed by atoms with Crippen LogP contribution in [0, 0.1) is 5.41 Å². The Bertz CT molecular complexity index is 787. The maximum Gasteiger partial charge on any atom is 0.490 e. The van der Waals surface area contributed by atoms with E-state index in [-0.39, 0.29) is 6.03 Å². The van der Waals surface area contributed by atoms with E-state index < -0.39 is 12.1 Å². The number of likely N-dealkylation sites (tertiary alicyclic amines) is 3. The quantitative estimate of drug-likeness (QED) is 0.725. The first kappa shape index (κ1) is 25.1. The number of hydrogen-bond donors (Lipinski definition) is 1. The normalized spacial score (nSPS) is 23.4. The number of carboxylic acids is 1. The summed E-state index contributed by atoms with van der Waals surface area (Å²) < 4.78 is 37.6. The average Bonchev–Trinajstić information content (AvgIpc) is 3.45. The van der Waals surface area contributed by atoms with E-state index in [0.717, 1.165) is 64.6 Å². The molecule has 1 atom stereocenters. The lowest BCUT2D eigenvalue weighted by Gasteiger charge is -2.40. The van der Waals surface area contributed by atoms with E-state index in [0.29, 0.717) is 5.41 Å². The number of benzene rings is 1. The van der Waals surface area contributed by atoms with Crippen molar-refractivity contribution in [3.05, 3.63) is 30.3 Å². The summed E-state index contributed by atoms with van der Waals surface area (Å²) in [7, 11) is 0. The van der Waals surface area contributed by atoms with Crippen LogP contribution in [0.1, 0.15) is 32.1 Å². The molecule has 1 N–H and O–H groups in total. The minimum Gasteiger partial charge on any atom is -0.492 e. The van der Waals surface area contributed by atoms with Gasteiger partial charge in [-0.2, -0.15) is 13.2 Å². The number of carbonyl (C=O) groups excluding carboxylic acids is 1. The molecule has 184 valence electrons. The van der Waals surface area contributed by atoms with E-state index in [4.69, 9.17) is 14.6 Å². The fraction of sp³-hybridized carbons (Fsp3) is 0.652. The maximum atomic E-state index is 12.7. The van der Waals surface area contributed by atoms with Crippen LogP contribution in [-0.2, 0) is 4.79 Å². The van der Waals surface area contributed by atoms with Crippen molar-refractivity contribution in [3.63, 3.8) is 0 Å². The zero-order chi connectivity index (χ0) is 23.9. The zero-order valence-corrected chi connectivity index (χ0v) is 18.7. The van der Waals surface area contributed by atoms with Crippen molar-refractivity contribution in [3.8, 4) is 5.75 Å². The lowest BCUT2D eigenvalue weighted by atomic mass is 9.79. The lowest BCUT2D eigenvalue weighted by molar-refractivity contribution is -0.192. The van der Waals surface area contributed by atoms with Crippen molar-refractivity contribution >= 4 is 12.0 Å². The summed E-state index contributed by atoms with van der Waals surface area (Å²) in [5, 5.41) is 7.12. The van der Waals surface area contributed by atoms with Crippen LogP contribution in [0.15, 0.2) is 30.3 Å². The molecule has 1 aromatic carbocycles. The van der Waals surface area contributed by atoms with Gasteiger partial charge in [-0.25, -0.2) is 9.59 Å².